The lowest BCUT2D eigenvalue weighted by Gasteiger charge is -2.33. The van der Waals surface area contributed by atoms with Crippen molar-refractivity contribution in [3.63, 3.8) is 0 Å². The third-order valence-corrected chi connectivity index (χ3v) is 4.14. The minimum Gasteiger partial charge on any atom is -0.334 e. The van der Waals surface area contributed by atoms with Crippen LogP contribution in [0.2, 0.25) is 0 Å². The monoisotopic (exact) mass is 328 g/mol. The number of carbonyl (C=O) groups excluding carboxylic acids is 1. The molecule has 7 nitrogen and oxygen atoms in total. The van der Waals surface area contributed by atoms with Crippen molar-refractivity contribution in [1.29, 1.82) is 0 Å². The van der Waals surface area contributed by atoms with Gasteiger partial charge < -0.3 is 10.6 Å². The van der Waals surface area contributed by atoms with Gasteiger partial charge in [-0.25, -0.2) is 9.78 Å². The number of aromatic nitrogens is 3. The van der Waals surface area contributed by atoms with Crippen LogP contribution >= 0.6 is 0 Å². The van der Waals surface area contributed by atoms with Crippen molar-refractivity contribution < 1.29 is 4.79 Å². The Hall–Kier alpha value is -2.41. The summed E-state index contributed by atoms with van der Waals surface area (Å²) in [6, 6.07) is 10.5. The molecule has 2 amide bonds. The van der Waals surface area contributed by atoms with E-state index in [0.29, 0.717) is 12.4 Å². The Morgan fingerprint density at radius 2 is 2.17 bits per heavy atom. The molecule has 1 aliphatic rings. The van der Waals surface area contributed by atoms with Crippen molar-refractivity contribution in [3.8, 4) is 0 Å². The largest absolute Gasteiger partial charge is 0.334 e. The molecule has 0 spiro atoms. The highest BCUT2D eigenvalue weighted by Crippen LogP contribution is 2.13. The first-order chi connectivity index (χ1) is 11.7. The van der Waals surface area contributed by atoms with Gasteiger partial charge in [0.2, 0.25) is 0 Å². The van der Waals surface area contributed by atoms with Gasteiger partial charge in [-0.15, -0.1) is 0 Å². The molecule has 7 heteroatoms. The summed E-state index contributed by atoms with van der Waals surface area (Å²) in [5.41, 5.74) is 1.31. The maximum absolute atomic E-state index is 12.1. The van der Waals surface area contributed by atoms with Crippen LogP contribution in [0, 0.1) is 0 Å². The molecule has 0 saturated carbocycles. The van der Waals surface area contributed by atoms with Crippen LogP contribution in [-0.2, 0) is 20.1 Å². The van der Waals surface area contributed by atoms with E-state index in [2.05, 4.69) is 49.9 Å². The van der Waals surface area contributed by atoms with Crippen LogP contribution < -0.4 is 10.6 Å². The number of urea groups is 1. The van der Waals surface area contributed by atoms with Crippen LogP contribution in [0.15, 0.2) is 36.7 Å². The van der Waals surface area contributed by atoms with Gasteiger partial charge in [0.05, 0.1) is 6.54 Å². The van der Waals surface area contributed by atoms with Crippen molar-refractivity contribution in [2.75, 3.05) is 13.1 Å². The number of hydrogen-bond acceptors (Lipinski definition) is 4. The molecule has 2 heterocycles. The fraction of sp³-hybridized carbons (Fsp3) is 0.471. The van der Waals surface area contributed by atoms with E-state index in [1.54, 1.807) is 18.1 Å². The highest BCUT2D eigenvalue weighted by Gasteiger charge is 2.21. The first-order valence-electron chi connectivity index (χ1n) is 8.34. The fourth-order valence-electron chi connectivity index (χ4n) is 3.02. The summed E-state index contributed by atoms with van der Waals surface area (Å²) in [4.78, 5) is 18.5. The number of amides is 2. The summed E-state index contributed by atoms with van der Waals surface area (Å²) in [6.45, 7) is 3.22. The van der Waals surface area contributed by atoms with Crippen molar-refractivity contribution in [2.45, 2.75) is 32.0 Å². The molecule has 1 aromatic heterocycles. The number of piperidine rings is 1. The number of hydrogen-bond donors (Lipinski definition) is 2. The van der Waals surface area contributed by atoms with Crippen molar-refractivity contribution in [2.24, 2.45) is 7.05 Å². The zero-order valence-corrected chi connectivity index (χ0v) is 14.0. The molecule has 2 aromatic rings. The molecule has 0 aliphatic carbocycles. The van der Waals surface area contributed by atoms with Crippen LogP contribution in [0.3, 0.4) is 0 Å². The Labute approximate surface area is 142 Å². The lowest BCUT2D eigenvalue weighted by Crippen LogP contribution is -2.50. The predicted molar refractivity (Wildman–Crippen MR) is 91.1 cm³/mol. The predicted octanol–water partition coefficient (Wildman–Crippen LogP) is 1.28. The number of carbonyl (C=O) groups is 1. The zero-order chi connectivity index (χ0) is 16.8. The van der Waals surface area contributed by atoms with E-state index >= 15 is 0 Å². The van der Waals surface area contributed by atoms with E-state index in [1.165, 1.54) is 5.56 Å². The van der Waals surface area contributed by atoms with Crippen molar-refractivity contribution in [1.82, 2.24) is 30.3 Å². The first kappa shape index (κ1) is 16.4. The van der Waals surface area contributed by atoms with Crippen LogP contribution in [0.4, 0.5) is 4.79 Å². The van der Waals surface area contributed by atoms with Crippen LogP contribution in [-0.4, -0.2) is 44.8 Å². The second-order valence-corrected chi connectivity index (χ2v) is 6.22. The lowest BCUT2D eigenvalue weighted by molar-refractivity contribution is 0.180. The van der Waals surface area contributed by atoms with Gasteiger partial charge in [0, 0.05) is 26.2 Å². The van der Waals surface area contributed by atoms with E-state index in [0.717, 1.165) is 32.5 Å². The standard InChI is InChI=1S/C17H24N6O/c1-22-13-19-16(21-22)10-18-17(24)20-15-8-5-9-23(12-15)11-14-6-3-2-4-7-14/h2-4,6-7,13,15H,5,8-12H2,1H3,(H2,18,20,24)/t15-/m1/s1. The van der Waals surface area contributed by atoms with Gasteiger partial charge in [0.15, 0.2) is 5.82 Å². The van der Waals surface area contributed by atoms with Gasteiger partial charge in [-0.2, -0.15) is 5.10 Å². The third-order valence-electron chi connectivity index (χ3n) is 4.14. The van der Waals surface area contributed by atoms with Gasteiger partial charge in [-0.1, -0.05) is 30.3 Å². The molecule has 0 unspecified atom stereocenters. The molecular formula is C17H24N6O. The molecular weight excluding hydrogens is 304 g/mol. The molecule has 3 rings (SSSR count). The summed E-state index contributed by atoms with van der Waals surface area (Å²) in [7, 11) is 1.81. The molecule has 0 radical (unpaired) electrons. The first-order valence-corrected chi connectivity index (χ1v) is 8.34. The second-order valence-electron chi connectivity index (χ2n) is 6.22. The minimum absolute atomic E-state index is 0.158. The highest BCUT2D eigenvalue weighted by atomic mass is 16.2. The topological polar surface area (TPSA) is 75.1 Å². The van der Waals surface area contributed by atoms with Crippen LogP contribution in [0.1, 0.15) is 24.2 Å². The summed E-state index contributed by atoms with van der Waals surface area (Å²) in [6.07, 6.45) is 3.73. The van der Waals surface area contributed by atoms with Crippen molar-refractivity contribution in [3.05, 3.63) is 48.0 Å². The molecule has 128 valence electrons. The number of likely N-dealkylation sites (tertiary alicyclic amines) is 1. The summed E-state index contributed by atoms with van der Waals surface area (Å²) >= 11 is 0. The number of aryl methyl sites for hydroxylation is 1. The van der Waals surface area contributed by atoms with Gasteiger partial charge in [0.25, 0.3) is 0 Å². The highest BCUT2D eigenvalue weighted by molar-refractivity contribution is 5.74. The second kappa shape index (κ2) is 7.92. The normalized spacial score (nSPS) is 18.3. The van der Waals surface area contributed by atoms with E-state index in [9.17, 15) is 4.79 Å². The Balaban J connectivity index is 1.43. The summed E-state index contributed by atoms with van der Waals surface area (Å²) in [5.74, 6) is 0.613. The Morgan fingerprint density at radius 3 is 2.92 bits per heavy atom. The Morgan fingerprint density at radius 1 is 1.33 bits per heavy atom. The molecule has 1 saturated heterocycles. The van der Waals surface area contributed by atoms with Crippen molar-refractivity contribution >= 4 is 6.03 Å². The fourth-order valence-corrected chi connectivity index (χ4v) is 3.02. The molecule has 1 aliphatic heterocycles. The molecule has 1 fully saturated rings. The summed E-state index contributed by atoms with van der Waals surface area (Å²) < 4.78 is 1.62. The maximum Gasteiger partial charge on any atom is 0.315 e. The SMILES string of the molecule is Cn1cnc(CNC(=O)N[C@@H]2CCCN(Cc3ccccc3)C2)n1. The molecule has 1 aromatic carbocycles. The lowest BCUT2D eigenvalue weighted by atomic mass is 10.0. The smallest absolute Gasteiger partial charge is 0.315 e. The average Bonchev–Trinajstić information content (AvgIpc) is 3.00. The number of nitrogens with one attached hydrogen (secondary N) is 2. The minimum atomic E-state index is -0.158. The van der Waals surface area contributed by atoms with E-state index in [-0.39, 0.29) is 12.1 Å². The average molecular weight is 328 g/mol. The quantitative estimate of drug-likeness (QED) is 0.867. The molecule has 1 atom stereocenters. The third kappa shape index (κ3) is 4.79. The van der Waals surface area contributed by atoms with Gasteiger partial charge in [-0.05, 0) is 24.9 Å². The molecule has 24 heavy (non-hydrogen) atoms. The molecule has 2 N–H and O–H groups in total. The number of benzene rings is 1. The molecule has 0 bridgehead atoms. The van der Waals surface area contributed by atoms with E-state index < -0.39 is 0 Å². The van der Waals surface area contributed by atoms with Gasteiger partial charge >= 0.3 is 6.03 Å². The van der Waals surface area contributed by atoms with Gasteiger partial charge in [-0.3, -0.25) is 9.58 Å². The Bertz CT molecular complexity index is 656. The number of rotatable bonds is 5. The van der Waals surface area contributed by atoms with Crippen LogP contribution in [0.25, 0.3) is 0 Å². The van der Waals surface area contributed by atoms with E-state index in [1.807, 2.05) is 6.07 Å². The maximum atomic E-state index is 12.1. The zero-order valence-electron chi connectivity index (χ0n) is 14.0. The summed E-state index contributed by atoms with van der Waals surface area (Å²) in [5, 5.41) is 10.0. The van der Waals surface area contributed by atoms with E-state index in [4.69, 9.17) is 0 Å². The number of nitrogens with zero attached hydrogens (tertiary/aromatic N) is 4. The van der Waals surface area contributed by atoms with Gasteiger partial charge in [0.1, 0.15) is 6.33 Å². The Kier molecular flexibility index (Phi) is 5.43. The van der Waals surface area contributed by atoms with Crippen LogP contribution in [0.5, 0.6) is 0 Å².